The standard InChI is InChI=1S/C23H32N2O4.C18H16ClNO5.C18H17NO3.C16H17N3O5S/c1-7-16-13-15(3)14-17(8-2)18(16)19-20(26)24-9-11-28-12-10-25(24)21(19)29-22(27)23(4,5)6;1-3-22-17(21)11(2)23-13-5-7-14(8-6-13)24-18-20-15-9-4-12(19)10-16(15)25-18;1-2-21-17(20)16-13-18(22-19-16,14-9-5-3-6-10-14)15-11-7-4-8-12-15;1-9-10(15(20)11-8-17-19(2)16(11)21)4-5-13(25(3,22)23)14(9)12-6-7-24-18-12/h13-14H,7-12H2,1-6H3;4-11H,3H2,1-2H3;3-12H,2,13H2,1H3;4-5,8,21H,6-7H2,1-3H3. The maximum absolute atomic E-state index is 13.5. The van der Waals surface area contributed by atoms with Crippen LogP contribution in [0.2, 0.25) is 5.02 Å². The molecule has 0 spiro atoms. The van der Waals surface area contributed by atoms with E-state index in [9.17, 15) is 37.5 Å². The first-order chi connectivity index (χ1) is 48.2. The van der Waals surface area contributed by atoms with Crippen molar-refractivity contribution in [3.05, 3.63) is 199 Å². The minimum absolute atomic E-state index is 0.0493. The van der Waals surface area contributed by atoms with Crippen LogP contribution < -0.4 is 19.8 Å². The second-order valence-electron chi connectivity index (χ2n) is 24.8. The number of esters is 3. The number of ether oxygens (including phenoxy) is 6. The molecule has 0 saturated carbocycles. The number of carbonyl (C=O) groups excluding carboxylic acids is 4. The van der Waals surface area contributed by atoms with Crippen molar-refractivity contribution in [1.82, 2.24) is 24.1 Å². The van der Waals surface area contributed by atoms with Crippen molar-refractivity contribution in [2.75, 3.05) is 39.3 Å². The number of oxazole rings is 1. The quantitative estimate of drug-likeness (QED) is 0.0616. The van der Waals surface area contributed by atoms with Gasteiger partial charge in [0.1, 0.15) is 34.7 Å². The van der Waals surface area contributed by atoms with Crippen LogP contribution in [0.1, 0.15) is 123 Å². The maximum Gasteiger partial charge on any atom is 0.400 e. The summed E-state index contributed by atoms with van der Waals surface area (Å²) in [7, 11) is -2.00. The molecule has 101 heavy (non-hydrogen) atoms. The summed E-state index contributed by atoms with van der Waals surface area (Å²) in [5.41, 5.74) is 8.33. The van der Waals surface area contributed by atoms with E-state index in [1.807, 2.05) is 81.4 Å². The van der Waals surface area contributed by atoms with Crippen LogP contribution in [0.5, 0.6) is 29.3 Å². The largest absolute Gasteiger partial charge is 0.493 e. The first-order valence-corrected chi connectivity index (χ1v) is 35.2. The van der Waals surface area contributed by atoms with E-state index in [0.717, 1.165) is 46.9 Å². The van der Waals surface area contributed by atoms with Gasteiger partial charge in [-0.05, 0) is 139 Å². The van der Waals surface area contributed by atoms with Crippen molar-refractivity contribution in [3.8, 4) is 40.5 Å². The fourth-order valence-electron chi connectivity index (χ4n) is 11.4. The van der Waals surface area contributed by atoms with Gasteiger partial charge in [0.15, 0.2) is 38.6 Å². The van der Waals surface area contributed by atoms with Gasteiger partial charge in [0, 0.05) is 53.1 Å². The molecule has 0 amide bonds. The molecule has 0 saturated heterocycles. The molecule has 1 atom stereocenters. The first kappa shape index (κ1) is 74.8. The Hall–Kier alpha value is -10.4. The zero-order chi connectivity index (χ0) is 72.9. The Morgan fingerprint density at radius 2 is 1.38 bits per heavy atom. The molecule has 24 nitrogen and oxygen atoms in total. The highest BCUT2D eigenvalue weighted by Crippen LogP contribution is 2.42. The van der Waals surface area contributed by atoms with Gasteiger partial charge in [-0.25, -0.2) is 32.1 Å². The predicted molar refractivity (Wildman–Crippen MR) is 379 cm³/mol. The molecular weight excluding hydrogens is 1340 g/mol. The number of aromatic nitrogens is 5. The number of carbonyl (C=O) groups is 4. The third-order valence-corrected chi connectivity index (χ3v) is 17.8. The number of aromatic hydroxyl groups is 1. The SMILES string of the molecule is CCOC(=O)C(C)Oc1ccc(Oc2nc3ccc(Cl)cc3o2)cc1.CCOC(=O)C1=NOC(c2ccccc2)(c2ccccc2)C1.CCc1cc(C)cc(CC)c1-c1c(OC(=O)C(C)(C)C)n2n(c1=O)CCOCC2.Cc1c(C(=O)c2cnn(C)c2O)ccc(S(C)(=O)=O)c1C1=NOCC1. The Balaban J connectivity index is 0.000000157. The average Bonchev–Trinajstić information content (AvgIpc) is 1.66. The van der Waals surface area contributed by atoms with Crippen molar-refractivity contribution in [2.24, 2.45) is 22.8 Å². The van der Waals surface area contributed by atoms with Gasteiger partial charge >= 0.3 is 24.0 Å². The number of halogens is 1. The number of fused-ring (bicyclic) bond motifs is 2. The fraction of sp³-hybridized carbons (Fsp3) is 0.347. The van der Waals surface area contributed by atoms with Crippen molar-refractivity contribution in [3.63, 3.8) is 0 Å². The molecule has 6 heterocycles. The summed E-state index contributed by atoms with van der Waals surface area (Å²) in [6.07, 6.45) is 4.22. The Bertz CT molecular complexity index is 4660. The number of benzene rings is 6. The lowest BCUT2D eigenvalue weighted by molar-refractivity contribution is -0.150. The summed E-state index contributed by atoms with van der Waals surface area (Å²) in [4.78, 5) is 77.7. The number of ketones is 1. The highest BCUT2D eigenvalue weighted by Gasteiger charge is 2.45. The minimum Gasteiger partial charge on any atom is -0.493 e. The molecule has 12 rings (SSSR count). The lowest BCUT2D eigenvalue weighted by Crippen LogP contribution is -2.29. The third-order valence-electron chi connectivity index (χ3n) is 16.5. The van der Waals surface area contributed by atoms with Gasteiger partial charge in [0.2, 0.25) is 11.8 Å². The average molecular weight is 1420 g/mol. The molecule has 0 bridgehead atoms. The summed E-state index contributed by atoms with van der Waals surface area (Å²) >= 11 is 5.91. The Morgan fingerprint density at radius 3 is 1.94 bits per heavy atom. The second-order valence-corrected chi connectivity index (χ2v) is 27.2. The van der Waals surface area contributed by atoms with Crippen LogP contribution in [0, 0.1) is 19.3 Å². The molecule has 532 valence electrons. The molecule has 0 fully saturated rings. The van der Waals surface area contributed by atoms with Crippen LogP contribution in [0.25, 0.3) is 22.2 Å². The second kappa shape index (κ2) is 32.7. The van der Waals surface area contributed by atoms with Gasteiger partial charge in [-0.15, -0.1) is 0 Å². The molecule has 3 aliphatic rings. The van der Waals surface area contributed by atoms with E-state index in [1.165, 1.54) is 35.6 Å². The van der Waals surface area contributed by atoms with E-state index < -0.39 is 44.7 Å². The van der Waals surface area contributed by atoms with Crippen molar-refractivity contribution >= 4 is 67.7 Å². The van der Waals surface area contributed by atoms with Crippen LogP contribution in [-0.2, 0) is 86.7 Å². The fourth-order valence-corrected chi connectivity index (χ4v) is 12.5. The number of rotatable bonds is 18. The minimum atomic E-state index is -3.52. The van der Waals surface area contributed by atoms with E-state index in [1.54, 1.807) is 79.5 Å². The van der Waals surface area contributed by atoms with E-state index in [2.05, 4.69) is 53.3 Å². The zero-order valence-corrected chi connectivity index (χ0v) is 60.0. The Morgan fingerprint density at radius 1 is 0.752 bits per heavy atom. The third kappa shape index (κ3) is 17.4. The Kier molecular flexibility index (Phi) is 24.3. The molecule has 1 unspecified atom stereocenters. The molecule has 0 aliphatic carbocycles. The zero-order valence-electron chi connectivity index (χ0n) is 58.5. The van der Waals surface area contributed by atoms with Crippen LogP contribution in [0.3, 0.4) is 0 Å². The number of sulfone groups is 1. The van der Waals surface area contributed by atoms with Gasteiger partial charge in [-0.1, -0.05) is 114 Å². The highest BCUT2D eigenvalue weighted by atomic mass is 35.5. The van der Waals surface area contributed by atoms with Gasteiger partial charge < -0.3 is 47.6 Å². The number of hydrogen-bond donors (Lipinski definition) is 1. The topological polar surface area (TPSA) is 292 Å². The van der Waals surface area contributed by atoms with Crippen molar-refractivity contribution in [2.45, 2.75) is 125 Å². The lowest BCUT2D eigenvalue weighted by atomic mass is 9.82. The van der Waals surface area contributed by atoms with E-state index >= 15 is 0 Å². The summed E-state index contributed by atoms with van der Waals surface area (Å²) in [5, 5.41) is 22.3. The molecule has 6 aromatic carbocycles. The smallest absolute Gasteiger partial charge is 0.400 e. The molecule has 3 aliphatic heterocycles. The number of hydrogen-bond acceptors (Lipinski definition) is 21. The molecule has 3 aromatic heterocycles. The summed E-state index contributed by atoms with van der Waals surface area (Å²) in [5.74, 6) is -0.486. The number of aryl methyl sites for hydroxylation is 4. The maximum atomic E-state index is 13.5. The molecule has 1 N–H and O–H groups in total. The first-order valence-electron chi connectivity index (χ1n) is 33.0. The monoisotopic (exact) mass is 1420 g/mol. The van der Waals surface area contributed by atoms with E-state index in [0.29, 0.717) is 121 Å². The van der Waals surface area contributed by atoms with Gasteiger partial charge in [-0.2, -0.15) is 10.1 Å². The van der Waals surface area contributed by atoms with E-state index in [4.69, 9.17) is 54.1 Å². The van der Waals surface area contributed by atoms with Gasteiger partial charge in [0.05, 0.1) is 68.2 Å². The van der Waals surface area contributed by atoms with E-state index in [-0.39, 0.29) is 39.5 Å². The number of oxime groups is 2. The molecule has 0 radical (unpaired) electrons. The van der Waals surface area contributed by atoms with Crippen LogP contribution >= 0.6 is 11.6 Å². The Labute approximate surface area is 590 Å². The summed E-state index contributed by atoms with van der Waals surface area (Å²) in [6, 6.07) is 38.6. The van der Waals surface area contributed by atoms with Crippen LogP contribution in [-0.4, -0.2) is 118 Å². The van der Waals surface area contributed by atoms with Gasteiger partial charge in [-0.3, -0.25) is 14.4 Å². The van der Waals surface area contributed by atoms with Crippen molar-refractivity contribution < 1.29 is 75.2 Å². The van der Waals surface area contributed by atoms with Crippen LogP contribution in [0.4, 0.5) is 0 Å². The summed E-state index contributed by atoms with van der Waals surface area (Å²) in [6.45, 7) is 21.3. The van der Waals surface area contributed by atoms with Crippen molar-refractivity contribution in [1.29, 1.82) is 0 Å². The molecule has 26 heteroatoms. The van der Waals surface area contributed by atoms with Gasteiger partial charge in [0.25, 0.3) is 5.56 Å². The normalized spacial score (nSPS) is 14.1. The highest BCUT2D eigenvalue weighted by molar-refractivity contribution is 7.90. The predicted octanol–water partition coefficient (Wildman–Crippen LogP) is 12.8. The lowest BCUT2D eigenvalue weighted by Gasteiger charge is -2.27. The number of nitrogens with zero attached hydrogens (tertiary/aromatic N) is 7. The molecular formula is C75H82ClN7O17S. The van der Waals surface area contributed by atoms with Crippen LogP contribution in [0.15, 0.2) is 158 Å². The molecule has 9 aromatic rings. The summed E-state index contributed by atoms with van der Waals surface area (Å²) < 4.78 is 66.9.